The summed E-state index contributed by atoms with van der Waals surface area (Å²) in [6.45, 7) is 3.14. The third-order valence-corrected chi connectivity index (χ3v) is 3.79. The number of aryl methyl sites for hydroxylation is 1. The molecule has 0 saturated carbocycles. The predicted octanol–water partition coefficient (Wildman–Crippen LogP) is 0.291. The van der Waals surface area contributed by atoms with E-state index in [0.717, 1.165) is 17.8 Å². The van der Waals surface area contributed by atoms with E-state index in [1.165, 1.54) is 10.7 Å². The fraction of sp³-hybridized carbons (Fsp3) is 0.429. The number of amides is 1. The van der Waals surface area contributed by atoms with Crippen LogP contribution in [-0.4, -0.2) is 43.9 Å². The van der Waals surface area contributed by atoms with E-state index in [1.54, 1.807) is 24.1 Å². The van der Waals surface area contributed by atoms with Gasteiger partial charge in [0.05, 0.1) is 5.69 Å². The lowest BCUT2D eigenvalue weighted by Crippen LogP contribution is -2.36. The summed E-state index contributed by atoms with van der Waals surface area (Å²) < 4.78 is 1.22. The maximum absolute atomic E-state index is 12.3. The van der Waals surface area contributed by atoms with Crippen LogP contribution >= 0.6 is 0 Å². The van der Waals surface area contributed by atoms with Crippen molar-refractivity contribution in [3.05, 3.63) is 46.1 Å². The van der Waals surface area contributed by atoms with Crippen molar-refractivity contribution in [2.45, 2.75) is 25.8 Å². The van der Waals surface area contributed by atoms with Crippen molar-refractivity contribution in [1.82, 2.24) is 24.9 Å². The molecule has 0 aliphatic carbocycles. The van der Waals surface area contributed by atoms with E-state index < -0.39 is 0 Å². The summed E-state index contributed by atoms with van der Waals surface area (Å²) in [7, 11) is 0. The average Bonchev–Trinajstić information content (AvgIpc) is 3.12. The summed E-state index contributed by atoms with van der Waals surface area (Å²) in [5, 5.41) is 11.0. The lowest BCUT2D eigenvalue weighted by molar-refractivity contribution is -0.131. The topological polar surface area (TPSA) is 83.9 Å². The number of hydrogen-bond acceptors (Lipinski definition) is 4. The normalized spacial score (nSPS) is 18.1. The molecule has 1 N–H and O–H groups in total. The molecule has 1 aliphatic heterocycles. The van der Waals surface area contributed by atoms with Crippen molar-refractivity contribution in [3.63, 3.8) is 0 Å². The lowest BCUT2D eigenvalue weighted by Gasteiger charge is -2.16. The van der Waals surface area contributed by atoms with Crippen LogP contribution in [0.3, 0.4) is 0 Å². The number of aromatic amines is 1. The molecule has 7 heteroatoms. The van der Waals surface area contributed by atoms with Gasteiger partial charge in [-0.25, -0.2) is 4.68 Å². The first-order valence-corrected chi connectivity index (χ1v) is 6.95. The quantitative estimate of drug-likeness (QED) is 0.879. The molecule has 2 aromatic heterocycles. The molecule has 1 saturated heterocycles. The van der Waals surface area contributed by atoms with Gasteiger partial charge < -0.3 is 4.90 Å². The Balaban J connectivity index is 1.67. The number of carbonyl (C=O) groups excluding carboxylic acids is 1. The van der Waals surface area contributed by atoms with E-state index in [2.05, 4.69) is 15.3 Å². The Labute approximate surface area is 121 Å². The number of nitrogens with zero attached hydrogens (tertiary/aromatic N) is 4. The van der Waals surface area contributed by atoms with Gasteiger partial charge in [0.25, 0.3) is 5.56 Å². The molecule has 0 radical (unpaired) electrons. The Hall–Kier alpha value is -2.44. The monoisotopic (exact) mass is 287 g/mol. The zero-order valence-electron chi connectivity index (χ0n) is 11.8. The molecule has 2 aromatic rings. The van der Waals surface area contributed by atoms with Gasteiger partial charge in [-0.15, -0.1) is 0 Å². The van der Waals surface area contributed by atoms with Gasteiger partial charge in [0, 0.05) is 37.0 Å². The highest BCUT2D eigenvalue weighted by molar-refractivity contribution is 5.76. The number of carbonyl (C=O) groups is 1. The first-order chi connectivity index (χ1) is 10.1. The second-order valence-corrected chi connectivity index (χ2v) is 5.31. The van der Waals surface area contributed by atoms with Crippen LogP contribution in [0.15, 0.2) is 29.2 Å². The molecule has 110 valence electrons. The van der Waals surface area contributed by atoms with Gasteiger partial charge in [-0.1, -0.05) is 0 Å². The number of nitrogens with one attached hydrogen (secondary N) is 1. The second-order valence-electron chi connectivity index (χ2n) is 5.31. The highest BCUT2D eigenvalue weighted by Gasteiger charge is 2.28. The molecule has 1 fully saturated rings. The average molecular weight is 287 g/mol. The highest BCUT2D eigenvalue weighted by atomic mass is 16.2. The smallest absolute Gasteiger partial charge is 0.267 e. The van der Waals surface area contributed by atoms with E-state index >= 15 is 0 Å². The first kappa shape index (κ1) is 13.5. The number of aromatic nitrogens is 4. The zero-order valence-corrected chi connectivity index (χ0v) is 11.8. The molecule has 1 amide bonds. The summed E-state index contributed by atoms with van der Waals surface area (Å²) >= 11 is 0. The van der Waals surface area contributed by atoms with Crippen molar-refractivity contribution >= 4 is 5.91 Å². The van der Waals surface area contributed by atoms with Crippen LogP contribution in [0.1, 0.15) is 23.7 Å². The summed E-state index contributed by atoms with van der Waals surface area (Å²) in [6, 6.07) is 5.02. The summed E-state index contributed by atoms with van der Waals surface area (Å²) in [6.07, 6.45) is 2.63. The molecule has 0 bridgehead atoms. The molecule has 7 nitrogen and oxygen atoms in total. The van der Waals surface area contributed by atoms with Gasteiger partial charge >= 0.3 is 0 Å². The molecular weight excluding hydrogens is 270 g/mol. The van der Waals surface area contributed by atoms with E-state index in [4.69, 9.17) is 0 Å². The zero-order chi connectivity index (χ0) is 14.8. The number of rotatable bonds is 3. The fourth-order valence-electron chi connectivity index (χ4n) is 2.63. The standard InChI is InChI=1S/C14H17N5O2/c1-10-2-3-13(20)19(17-10)9-14(21)18-7-5-11(8-18)12-4-6-15-16-12/h2-4,6,11H,5,7-9H2,1H3,(H,15,16). The van der Waals surface area contributed by atoms with Gasteiger partial charge in [0.15, 0.2) is 0 Å². The van der Waals surface area contributed by atoms with Gasteiger partial charge in [-0.05, 0) is 25.5 Å². The largest absolute Gasteiger partial charge is 0.340 e. The van der Waals surface area contributed by atoms with Crippen molar-refractivity contribution < 1.29 is 4.79 Å². The molecule has 1 aliphatic rings. The van der Waals surface area contributed by atoms with Gasteiger partial charge in [0.1, 0.15) is 6.54 Å². The molecule has 0 spiro atoms. The van der Waals surface area contributed by atoms with E-state index in [1.807, 2.05) is 6.07 Å². The first-order valence-electron chi connectivity index (χ1n) is 6.95. The number of likely N-dealkylation sites (tertiary alicyclic amines) is 1. The van der Waals surface area contributed by atoms with Crippen LogP contribution in [-0.2, 0) is 11.3 Å². The maximum Gasteiger partial charge on any atom is 0.267 e. The molecular formula is C14H17N5O2. The number of hydrogen-bond donors (Lipinski definition) is 1. The van der Waals surface area contributed by atoms with Gasteiger partial charge in [0.2, 0.25) is 5.91 Å². The van der Waals surface area contributed by atoms with Crippen LogP contribution in [0.5, 0.6) is 0 Å². The second kappa shape index (κ2) is 5.51. The minimum atomic E-state index is -0.252. The molecule has 0 aromatic carbocycles. The third-order valence-electron chi connectivity index (χ3n) is 3.79. The van der Waals surface area contributed by atoms with Crippen molar-refractivity contribution in [1.29, 1.82) is 0 Å². The molecule has 21 heavy (non-hydrogen) atoms. The molecule has 1 unspecified atom stereocenters. The van der Waals surface area contributed by atoms with E-state index in [9.17, 15) is 9.59 Å². The predicted molar refractivity (Wildman–Crippen MR) is 75.8 cm³/mol. The SMILES string of the molecule is Cc1ccc(=O)n(CC(=O)N2CCC(c3ccn[nH]3)C2)n1. The fourth-order valence-corrected chi connectivity index (χ4v) is 2.63. The van der Waals surface area contributed by atoms with Crippen LogP contribution in [0, 0.1) is 6.92 Å². The Morgan fingerprint density at radius 1 is 1.43 bits per heavy atom. The Bertz CT molecular complexity index is 692. The Morgan fingerprint density at radius 2 is 2.29 bits per heavy atom. The Morgan fingerprint density at radius 3 is 3.05 bits per heavy atom. The molecule has 3 rings (SSSR count). The highest BCUT2D eigenvalue weighted by Crippen LogP contribution is 2.25. The van der Waals surface area contributed by atoms with Crippen molar-refractivity contribution in [2.24, 2.45) is 0 Å². The summed E-state index contributed by atoms with van der Waals surface area (Å²) in [5.74, 6) is 0.218. The van der Waals surface area contributed by atoms with Crippen LogP contribution in [0.2, 0.25) is 0 Å². The Kier molecular flexibility index (Phi) is 3.55. The van der Waals surface area contributed by atoms with Crippen molar-refractivity contribution in [2.75, 3.05) is 13.1 Å². The van der Waals surface area contributed by atoms with Crippen molar-refractivity contribution in [3.8, 4) is 0 Å². The van der Waals surface area contributed by atoms with Crippen LogP contribution < -0.4 is 5.56 Å². The summed E-state index contributed by atoms with van der Waals surface area (Å²) in [4.78, 5) is 25.8. The third kappa shape index (κ3) is 2.86. The number of H-pyrrole nitrogens is 1. The van der Waals surface area contributed by atoms with Gasteiger partial charge in [-0.3, -0.25) is 14.7 Å². The molecule has 3 heterocycles. The lowest BCUT2D eigenvalue weighted by atomic mass is 10.1. The summed E-state index contributed by atoms with van der Waals surface area (Å²) in [5.41, 5.74) is 1.52. The minimum Gasteiger partial charge on any atom is -0.340 e. The van der Waals surface area contributed by atoms with Crippen LogP contribution in [0.25, 0.3) is 0 Å². The maximum atomic E-state index is 12.3. The minimum absolute atomic E-state index is 0.00376. The van der Waals surface area contributed by atoms with Crippen LogP contribution in [0.4, 0.5) is 0 Å². The van der Waals surface area contributed by atoms with E-state index in [0.29, 0.717) is 19.0 Å². The van der Waals surface area contributed by atoms with E-state index in [-0.39, 0.29) is 18.0 Å². The molecule has 1 atom stereocenters. The van der Waals surface area contributed by atoms with Gasteiger partial charge in [-0.2, -0.15) is 10.2 Å².